The highest BCUT2D eigenvalue weighted by Crippen LogP contribution is 1.93. The third-order valence-corrected chi connectivity index (χ3v) is 1.48. The minimum atomic E-state index is -1.03. The maximum atomic E-state index is 10.5. The third kappa shape index (κ3) is 1.66. The molecule has 0 aromatic carbocycles. The molecule has 0 bridgehead atoms. The molecule has 1 saturated heterocycles. The second-order valence-corrected chi connectivity index (χ2v) is 2.30. The van der Waals surface area contributed by atoms with Crippen LogP contribution in [0.1, 0.15) is 0 Å². The van der Waals surface area contributed by atoms with E-state index in [0.29, 0.717) is 0 Å². The van der Waals surface area contributed by atoms with Crippen molar-refractivity contribution >= 4 is 11.9 Å². The van der Waals surface area contributed by atoms with Crippen molar-refractivity contribution in [2.24, 2.45) is 5.73 Å². The van der Waals surface area contributed by atoms with Crippen LogP contribution < -0.4 is 16.4 Å². The molecule has 11 heavy (non-hydrogen) atoms. The van der Waals surface area contributed by atoms with E-state index in [4.69, 9.17) is 10.8 Å². The van der Waals surface area contributed by atoms with Crippen molar-refractivity contribution in [1.29, 1.82) is 0 Å². The first-order chi connectivity index (χ1) is 5.11. The molecule has 0 aromatic rings. The van der Waals surface area contributed by atoms with Crippen LogP contribution in [0.3, 0.4) is 0 Å². The monoisotopic (exact) mass is 159 g/mol. The lowest BCUT2D eigenvalue weighted by molar-refractivity contribution is -0.139. The number of primary amides is 1. The molecule has 6 nitrogen and oxygen atoms in total. The van der Waals surface area contributed by atoms with Crippen molar-refractivity contribution in [3.05, 3.63) is 0 Å². The summed E-state index contributed by atoms with van der Waals surface area (Å²) in [6, 6.07) is -0.573. The van der Waals surface area contributed by atoms with Gasteiger partial charge in [0.1, 0.15) is 6.04 Å². The van der Waals surface area contributed by atoms with Crippen LogP contribution in [0.25, 0.3) is 0 Å². The number of rotatable bonds is 2. The zero-order valence-electron chi connectivity index (χ0n) is 5.70. The summed E-state index contributed by atoms with van der Waals surface area (Å²) in [6.45, 7) is 0.270. The molecular formula is C5H9N3O3. The predicted octanol–water partition coefficient (Wildman–Crippen LogP) is -2.56. The molecule has 1 heterocycles. The average molecular weight is 159 g/mol. The molecule has 0 spiro atoms. The van der Waals surface area contributed by atoms with Gasteiger partial charge in [-0.15, -0.1) is 0 Å². The number of aliphatic carboxylic acids is 1. The number of carbonyl (C=O) groups excluding carboxylic acids is 1. The quantitative estimate of drug-likeness (QED) is 0.355. The summed E-state index contributed by atoms with van der Waals surface area (Å²) in [5.41, 5.74) is 4.93. The van der Waals surface area contributed by atoms with Gasteiger partial charge in [0.2, 0.25) is 5.91 Å². The summed E-state index contributed by atoms with van der Waals surface area (Å²) < 4.78 is 0. The number of nitrogens with one attached hydrogen (secondary N) is 2. The molecule has 0 saturated carbocycles. The van der Waals surface area contributed by atoms with E-state index in [2.05, 4.69) is 10.6 Å². The van der Waals surface area contributed by atoms with Gasteiger partial charge in [0.05, 0.1) is 0 Å². The molecule has 0 aliphatic carbocycles. The fourth-order valence-corrected chi connectivity index (χ4v) is 0.896. The Labute approximate surface area is 62.8 Å². The maximum Gasteiger partial charge on any atom is 0.335 e. The van der Waals surface area contributed by atoms with Crippen molar-refractivity contribution in [2.75, 3.05) is 6.54 Å². The first-order valence-corrected chi connectivity index (χ1v) is 3.13. The third-order valence-electron chi connectivity index (χ3n) is 1.48. The standard InChI is InChI=1S/C5H9N3O3/c6-3(9)2-1-7-4(8-2)5(10)11/h2,4,7-8H,1H2,(H2,6,9)(H,10,11). The van der Waals surface area contributed by atoms with Crippen LogP contribution in [0.5, 0.6) is 0 Å². The number of amides is 1. The lowest BCUT2D eigenvalue weighted by Crippen LogP contribution is -2.44. The van der Waals surface area contributed by atoms with E-state index in [1.807, 2.05) is 0 Å². The largest absolute Gasteiger partial charge is 0.479 e. The van der Waals surface area contributed by atoms with Gasteiger partial charge in [0.15, 0.2) is 6.17 Å². The Morgan fingerprint density at radius 1 is 1.55 bits per heavy atom. The molecule has 2 atom stereocenters. The summed E-state index contributed by atoms with van der Waals surface area (Å²) >= 11 is 0. The number of hydrogen-bond acceptors (Lipinski definition) is 4. The summed E-state index contributed by atoms with van der Waals surface area (Å²) in [5.74, 6) is -1.57. The maximum absolute atomic E-state index is 10.5. The van der Waals surface area contributed by atoms with Gasteiger partial charge in [0.25, 0.3) is 0 Å². The average Bonchev–Trinajstić information content (AvgIpc) is 2.33. The summed E-state index contributed by atoms with van der Waals surface area (Å²) in [5, 5.41) is 13.5. The van der Waals surface area contributed by atoms with Crippen LogP contribution in [0.15, 0.2) is 0 Å². The Kier molecular flexibility index (Phi) is 2.06. The number of carboxylic acids is 1. The van der Waals surface area contributed by atoms with Crippen molar-refractivity contribution in [3.63, 3.8) is 0 Å². The van der Waals surface area contributed by atoms with Crippen molar-refractivity contribution in [3.8, 4) is 0 Å². The highest BCUT2D eigenvalue weighted by atomic mass is 16.4. The van der Waals surface area contributed by atoms with Gasteiger partial charge in [-0.25, -0.2) is 4.79 Å². The number of carboxylic acid groups (broad SMARTS) is 1. The van der Waals surface area contributed by atoms with Crippen LogP contribution in [0, 0.1) is 0 Å². The topological polar surface area (TPSA) is 104 Å². The van der Waals surface area contributed by atoms with E-state index in [1.165, 1.54) is 0 Å². The second-order valence-electron chi connectivity index (χ2n) is 2.30. The first kappa shape index (κ1) is 7.96. The zero-order valence-corrected chi connectivity index (χ0v) is 5.70. The molecule has 5 N–H and O–H groups in total. The Morgan fingerprint density at radius 2 is 2.18 bits per heavy atom. The van der Waals surface area contributed by atoms with Gasteiger partial charge in [0, 0.05) is 6.54 Å². The molecule has 2 unspecified atom stereocenters. The lowest BCUT2D eigenvalue weighted by atomic mass is 10.3. The van der Waals surface area contributed by atoms with Gasteiger partial charge in [-0.1, -0.05) is 0 Å². The molecule has 0 aromatic heterocycles. The Bertz CT molecular complexity index is 173. The van der Waals surface area contributed by atoms with Gasteiger partial charge < -0.3 is 10.8 Å². The molecule has 1 amide bonds. The van der Waals surface area contributed by atoms with Crippen molar-refractivity contribution in [1.82, 2.24) is 10.6 Å². The van der Waals surface area contributed by atoms with Crippen LogP contribution in [0.4, 0.5) is 0 Å². The van der Waals surface area contributed by atoms with Gasteiger partial charge in [-0.05, 0) is 0 Å². The van der Waals surface area contributed by atoms with Crippen molar-refractivity contribution < 1.29 is 14.7 Å². The molecule has 1 rings (SSSR count). The summed E-state index contributed by atoms with van der Waals surface area (Å²) in [6.07, 6.45) is -0.854. The second kappa shape index (κ2) is 2.85. The zero-order chi connectivity index (χ0) is 8.43. The summed E-state index contributed by atoms with van der Waals surface area (Å²) in [4.78, 5) is 20.8. The molecule has 1 aliphatic rings. The highest BCUT2D eigenvalue weighted by molar-refractivity contribution is 5.82. The minimum Gasteiger partial charge on any atom is -0.479 e. The van der Waals surface area contributed by atoms with E-state index in [9.17, 15) is 9.59 Å². The Morgan fingerprint density at radius 3 is 2.45 bits per heavy atom. The van der Waals surface area contributed by atoms with Gasteiger partial charge >= 0.3 is 5.97 Å². The molecular weight excluding hydrogens is 150 g/mol. The number of carbonyl (C=O) groups is 2. The SMILES string of the molecule is NC(=O)C1CNC(C(=O)O)N1. The molecule has 1 aliphatic heterocycles. The smallest absolute Gasteiger partial charge is 0.335 e. The fraction of sp³-hybridized carbons (Fsp3) is 0.600. The van der Waals surface area contributed by atoms with Crippen LogP contribution in [0.2, 0.25) is 0 Å². The highest BCUT2D eigenvalue weighted by Gasteiger charge is 2.30. The lowest BCUT2D eigenvalue weighted by Gasteiger charge is -2.05. The Hall–Kier alpha value is -1.14. The van der Waals surface area contributed by atoms with E-state index >= 15 is 0 Å². The number of hydrogen-bond donors (Lipinski definition) is 4. The minimum absolute atomic E-state index is 0.270. The van der Waals surface area contributed by atoms with Crippen molar-refractivity contribution in [2.45, 2.75) is 12.2 Å². The summed E-state index contributed by atoms with van der Waals surface area (Å²) in [7, 11) is 0. The van der Waals surface area contributed by atoms with Gasteiger partial charge in [-0.2, -0.15) is 0 Å². The van der Waals surface area contributed by atoms with Crippen LogP contribution in [-0.4, -0.2) is 35.7 Å². The fourth-order valence-electron chi connectivity index (χ4n) is 0.896. The normalized spacial score (nSPS) is 30.2. The molecule has 6 heteroatoms. The van der Waals surface area contributed by atoms with Crippen LogP contribution in [-0.2, 0) is 9.59 Å². The predicted molar refractivity (Wildman–Crippen MR) is 35.5 cm³/mol. The van der Waals surface area contributed by atoms with E-state index < -0.39 is 24.1 Å². The molecule has 0 radical (unpaired) electrons. The Balaban J connectivity index is 2.47. The number of nitrogens with two attached hydrogens (primary N) is 1. The van der Waals surface area contributed by atoms with E-state index in [0.717, 1.165) is 0 Å². The van der Waals surface area contributed by atoms with E-state index in [-0.39, 0.29) is 6.54 Å². The molecule has 62 valence electrons. The first-order valence-electron chi connectivity index (χ1n) is 3.13. The van der Waals surface area contributed by atoms with E-state index in [1.54, 1.807) is 0 Å². The van der Waals surface area contributed by atoms with Crippen LogP contribution >= 0.6 is 0 Å². The van der Waals surface area contributed by atoms with Gasteiger partial charge in [-0.3, -0.25) is 15.4 Å². The molecule has 1 fully saturated rings.